The summed E-state index contributed by atoms with van der Waals surface area (Å²) in [5.74, 6) is 1.81. The Hall–Kier alpha value is -2.76. The third-order valence-electron chi connectivity index (χ3n) is 3.33. The zero-order valence-corrected chi connectivity index (χ0v) is 14.1. The molecular formula is C18H24N4O2. The van der Waals surface area contributed by atoms with Gasteiger partial charge in [-0.05, 0) is 31.2 Å². The molecule has 0 fully saturated rings. The molecule has 1 atom stereocenters. The molecule has 1 aromatic carbocycles. The maximum absolute atomic E-state index is 5.87. The van der Waals surface area contributed by atoms with Gasteiger partial charge in [-0.15, -0.1) is 0 Å². The van der Waals surface area contributed by atoms with Crippen LogP contribution in [-0.4, -0.2) is 37.2 Å². The SMILES string of the molecule is COc1ccccc1OC(C)CN=C(N)NCCc1ccccn1. The zero-order valence-electron chi connectivity index (χ0n) is 14.1. The minimum atomic E-state index is -0.113. The van der Waals surface area contributed by atoms with Crippen molar-refractivity contribution in [2.75, 3.05) is 20.2 Å². The van der Waals surface area contributed by atoms with E-state index in [2.05, 4.69) is 15.3 Å². The number of aliphatic imine (C=N–C) groups is 1. The lowest BCUT2D eigenvalue weighted by molar-refractivity contribution is 0.219. The Morgan fingerprint density at radius 1 is 1.21 bits per heavy atom. The van der Waals surface area contributed by atoms with Crippen LogP contribution in [0.15, 0.2) is 53.7 Å². The molecule has 0 aliphatic heterocycles. The molecule has 128 valence electrons. The summed E-state index contributed by atoms with van der Waals surface area (Å²) in [5, 5.41) is 3.08. The highest BCUT2D eigenvalue weighted by Gasteiger charge is 2.08. The van der Waals surface area contributed by atoms with Gasteiger partial charge < -0.3 is 20.5 Å². The van der Waals surface area contributed by atoms with Crippen LogP contribution in [0.25, 0.3) is 0 Å². The van der Waals surface area contributed by atoms with Gasteiger partial charge in [0.1, 0.15) is 6.10 Å². The number of aromatic nitrogens is 1. The summed E-state index contributed by atoms with van der Waals surface area (Å²) in [6.45, 7) is 3.09. The van der Waals surface area contributed by atoms with Crippen molar-refractivity contribution in [3.8, 4) is 11.5 Å². The van der Waals surface area contributed by atoms with Crippen molar-refractivity contribution in [1.82, 2.24) is 10.3 Å². The second-order valence-electron chi connectivity index (χ2n) is 5.30. The Balaban J connectivity index is 1.75. The third-order valence-corrected chi connectivity index (χ3v) is 3.33. The number of para-hydroxylation sites is 2. The molecule has 0 radical (unpaired) electrons. The van der Waals surface area contributed by atoms with Crippen LogP contribution in [0, 0.1) is 0 Å². The van der Waals surface area contributed by atoms with Gasteiger partial charge in [0.15, 0.2) is 17.5 Å². The van der Waals surface area contributed by atoms with Gasteiger partial charge in [-0.2, -0.15) is 0 Å². The highest BCUT2D eigenvalue weighted by molar-refractivity contribution is 5.77. The molecule has 0 aliphatic carbocycles. The number of nitrogens with zero attached hydrogens (tertiary/aromatic N) is 2. The van der Waals surface area contributed by atoms with E-state index in [1.54, 1.807) is 13.3 Å². The van der Waals surface area contributed by atoms with Gasteiger partial charge in [0.05, 0.1) is 13.7 Å². The molecule has 2 aromatic rings. The summed E-state index contributed by atoms with van der Waals surface area (Å²) < 4.78 is 11.1. The second kappa shape index (κ2) is 9.39. The van der Waals surface area contributed by atoms with E-state index in [4.69, 9.17) is 15.2 Å². The Bertz CT molecular complexity index is 646. The van der Waals surface area contributed by atoms with E-state index < -0.39 is 0 Å². The molecule has 2 rings (SSSR count). The van der Waals surface area contributed by atoms with Crippen LogP contribution >= 0.6 is 0 Å². The lowest BCUT2D eigenvalue weighted by atomic mass is 10.3. The monoisotopic (exact) mass is 328 g/mol. The first kappa shape index (κ1) is 17.6. The van der Waals surface area contributed by atoms with E-state index in [0.717, 1.165) is 12.1 Å². The molecule has 0 bridgehead atoms. The number of nitrogens with one attached hydrogen (secondary N) is 1. The smallest absolute Gasteiger partial charge is 0.188 e. The van der Waals surface area contributed by atoms with Crippen LogP contribution in [0.5, 0.6) is 11.5 Å². The summed E-state index contributed by atoms with van der Waals surface area (Å²) in [7, 11) is 1.62. The number of pyridine rings is 1. The van der Waals surface area contributed by atoms with E-state index in [0.29, 0.717) is 30.5 Å². The van der Waals surface area contributed by atoms with Crippen LogP contribution in [0.2, 0.25) is 0 Å². The Kier molecular flexibility index (Phi) is 6.89. The van der Waals surface area contributed by atoms with Gasteiger partial charge in [0.25, 0.3) is 0 Å². The highest BCUT2D eigenvalue weighted by atomic mass is 16.5. The quantitative estimate of drug-likeness (QED) is 0.572. The van der Waals surface area contributed by atoms with E-state index in [1.807, 2.05) is 49.4 Å². The highest BCUT2D eigenvalue weighted by Crippen LogP contribution is 2.26. The molecule has 0 amide bonds. The summed E-state index contributed by atoms with van der Waals surface area (Å²) in [4.78, 5) is 8.56. The number of hydrogen-bond acceptors (Lipinski definition) is 4. The molecule has 3 N–H and O–H groups in total. The molecule has 0 saturated heterocycles. The predicted octanol–water partition coefficient (Wildman–Crippen LogP) is 2.00. The van der Waals surface area contributed by atoms with Crippen LogP contribution < -0.4 is 20.5 Å². The number of methoxy groups -OCH3 is 1. The third kappa shape index (κ3) is 5.79. The molecule has 0 saturated carbocycles. The summed E-state index contributed by atoms with van der Waals surface area (Å²) >= 11 is 0. The van der Waals surface area contributed by atoms with Gasteiger partial charge >= 0.3 is 0 Å². The fraction of sp³-hybridized carbons (Fsp3) is 0.333. The van der Waals surface area contributed by atoms with Gasteiger partial charge in [-0.1, -0.05) is 18.2 Å². The number of benzene rings is 1. The molecule has 6 heteroatoms. The van der Waals surface area contributed by atoms with E-state index >= 15 is 0 Å². The van der Waals surface area contributed by atoms with E-state index in [-0.39, 0.29) is 6.10 Å². The van der Waals surface area contributed by atoms with Gasteiger partial charge in [0, 0.05) is 24.9 Å². The van der Waals surface area contributed by atoms with Crippen molar-refractivity contribution in [3.05, 3.63) is 54.4 Å². The van der Waals surface area contributed by atoms with Crippen molar-refractivity contribution in [1.29, 1.82) is 0 Å². The molecule has 0 spiro atoms. The fourth-order valence-electron chi connectivity index (χ4n) is 2.12. The Morgan fingerprint density at radius 2 is 1.96 bits per heavy atom. The van der Waals surface area contributed by atoms with E-state index in [9.17, 15) is 0 Å². The van der Waals surface area contributed by atoms with Crippen LogP contribution in [0.1, 0.15) is 12.6 Å². The van der Waals surface area contributed by atoms with Gasteiger partial charge in [-0.3, -0.25) is 4.98 Å². The van der Waals surface area contributed by atoms with Crippen LogP contribution in [0.4, 0.5) is 0 Å². The standard InChI is InChI=1S/C18H24N4O2/c1-14(24-17-9-4-3-8-16(17)23-2)13-22-18(19)21-12-10-15-7-5-6-11-20-15/h3-9,11,14H,10,12-13H2,1-2H3,(H3,19,21,22). The maximum Gasteiger partial charge on any atom is 0.188 e. The number of hydrogen-bond donors (Lipinski definition) is 2. The second-order valence-corrected chi connectivity index (χ2v) is 5.30. The lowest BCUT2D eigenvalue weighted by Crippen LogP contribution is -2.34. The van der Waals surface area contributed by atoms with Crippen LogP contribution in [-0.2, 0) is 6.42 Å². The topological polar surface area (TPSA) is 81.8 Å². The summed E-state index contributed by atoms with van der Waals surface area (Å²) in [6.07, 6.45) is 2.46. The zero-order chi connectivity index (χ0) is 17.2. The molecular weight excluding hydrogens is 304 g/mol. The minimum Gasteiger partial charge on any atom is -0.493 e. The van der Waals surface area contributed by atoms with Crippen molar-refractivity contribution < 1.29 is 9.47 Å². The Morgan fingerprint density at radius 3 is 2.67 bits per heavy atom. The van der Waals surface area contributed by atoms with Crippen molar-refractivity contribution in [2.24, 2.45) is 10.7 Å². The van der Waals surface area contributed by atoms with Crippen LogP contribution in [0.3, 0.4) is 0 Å². The average Bonchev–Trinajstić information content (AvgIpc) is 2.61. The van der Waals surface area contributed by atoms with Gasteiger partial charge in [-0.25, -0.2) is 4.99 Å². The number of ether oxygens (including phenoxy) is 2. The first-order valence-corrected chi connectivity index (χ1v) is 7.92. The van der Waals surface area contributed by atoms with Gasteiger partial charge in [0.2, 0.25) is 0 Å². The molecule has 1 unspecified atom stereocenters. The number of guanidine groups is 1. The first-order chi connectivity index (χ1) is 11.7. The normalized spacial score (nSPS) is 12.5. The molecule has 24 heavy (non-hydrogen) atoms. The molecule has 0 aliphatic rings. The average molecular weight is 328 g/mol. The lowest BCUT2D eigenvalue weighted by Gasteiger charge is -2.15. The fourth-order valence-corrected chi connectivity index (χ4v) is 2.12. The van der Waals surface area contributed by atoms with Crippen molar-refractivity contribution in [2.45, 2.75) is 19.4 Å². The minimum absolute atomic E-state index is 0.113. The number of nitrogens with two attached hydrogens (primary N) is 1. The van der Waals surface area contributed by atoms with Crippen molar-refractivity contribution >= 4 is 5.96 Å². The summed E-state index contributed by atoms with van der Waals surface area (Å²) in [6, 6.07) is 13.4. The molecule has 1 aromatic heterocycles. The van der Waals surface area contributed by atoms with E-state index in [1.165, 1.54) is 0 Å². The summed E-state index contributed by atoms with van der Waals surface area (Å²) in [5.41, 5.74) is 6.89. The number of rotatable bonds is 8. The predicted molar refractivity (Wildman–Crippen MR) is 95.5 cm³/mol. The maximum atomic E-state index is 5.87. The Labute approximate surface area is 142 Å². The van der Waals surface area contributed by atoms with Crippen molar-refractivity contribution in [3.63, 3.8) is 0 Å². The molecule has 1 heterocycles. The molecule has 6 nitrogen and oxygen atoms in total. The largest absolute Gasteiger partial charge is 0.493 e. The first-order valence-electron chi connectivity index (χ1n) is 7.92.